The number of carbonyl (C=O) groups is 2. The van der Waals surface area contributed by atoms with Crippen molar-refractivity contribution in [2.45, 2.75) is 0 Å². The van der Waals surface area contributed by atoms with Gasteiger partial charge in [-0.2, -0.15) is 21.0 Å². The standard InChI is InChI=1S/C41H20N6O3S2/c42-21-25-1-9-29(10-2-25)46(30-11-3-26(22-43)4-12-30)35-19-17-33(51-35)37-39(48)38(41(50)40(37)49)34-18-20-36(52-34)47(31-13-5-27(23-44)6-14-31)32-15-7-28(24-45)8-16-32/h1-20H/p+1. The smallest absolute Gasteiger partial charge is 0.251 e. The van der Waals surface area contributed by atoms with Gasteiger partial charge in [0.25, 0.3) is 5.04 Å². The quantitative estimate of drug-likeness (QED) is 0.104. The number of aliphatic hydroxyl groups is 1. The van der Waals surface area contributed by atoms with E-state index in [2.05, 4.69) is 24.3 Å². The van der Waals surface area contributed by atoms with Crippen molar-refractivity contribution >= 4 is 73.0 Å². The molecule has 11 heteroatoms. The SMILES string of the molecule is N#Cc1ccc(N(c2ccc(C#N)cc2)c2ccc(C3=C(O)/C(=C4\C=CC(=[N+](c5ccc(C#N)cc5)c5ccc(C#N)cc5)S4)C(=O)C3=O)s2)cc1. The molecule has 244 valence electrons. The average Bonchev–Trinajstić information content (AvgIpc) is 3.91. The molecule has 5 aromatic rings. The maximum absolute atomic E-state index is 13.5. The van der Waals surface area contributed by atoms with Gasteiger partial charge in [-0.25, -0.2) is 0 Å². The molecule has 7 rings (SSSR count). The molecule has 1 aliphatic heterocycles. The second kappa shape index (κ2) is 13.9. The zero-order valence-corrected chi connectivity index (χ0v) is 28.4. The highest BCUT2D eigenvalue weighted by atomic mass is 32.2. The number of carbonyl (C=O) groups excluding carboxylic acids is 2. The lowest BCUT2D eigenvalue weighted by Crippen LogP contribution is -2.12. The lowest BCUT2D eigenvalue weighted by atomic mass is 10.1. The number of aliphatic hydroxyl groups excluding tert-OH is 1. The van der Waals surface area contributed by atoms with Crippen LogP contribution in [0, 0.1) is 45.3 Å². The summed E-state index contributed by atoms with van der Waals surface area (Å²) < 4.78 is 1.90. The predicted molar refractivity (Wildman–Crippen MR) is 201 cm³/mol. The third kappa shape index (κ3) is 6.07. The van der Waals surface area contributed by atoms with Gasteiger partial charge in [-0.05, 0) is 103 Å². The van der Waals surface area contributed by atoms with Gasteiger partial charge >= 0.3 is 0 Å². The van der Waals surface area contributed by atoms with E-state index in [1.165, 1.54) is 23.1 Å². The van der Waals surface area contributed by atoms with Crippen LogP contribution in [-0.2, 0) is 9.59 Å². The third-order valence-corrected chi connectivity index (χ3v) is 10.4. The molecule has 2 heterocycles. The van der Waals surface area contributed by atoms with E-state index in [1.54, 1.807) is 121 Å². The number of thiophene rings is 1. The Bertz CT molecular complexity index is 2490. The Morgan fingerprint density at radius 1 is 0.558 bits per heavy atom. The summed E-state index contributed by atoms with van der Waals surface area (Å²) in [5.74, 6) is -2.06. The summed E-state index contributed by atoms with van der Waals surface area (Å²) in [5, 5.41) is 50.2. The summed E-state index contributed by atoms with van der Waals surface area (Å²) in [7, 11) is 0. The Balaban J connectivity index is 1.29. The molecule has 0 atom stereocenters. The minimum Gasteiger partial charge on any atom is -0.506 e. The molecule has 0 fully saturated rings. The van der Waals surface area contributed by atoms with E-state index in [1.807, 2.05) is 9.48 Å². The molecule has 52 heavy (non-hydrogen) atoms. The van der Waals surface area contributed by atoms with Crippen molar-refractivity contribution < 1.29 is 14.7 Å². The first-order valence-electron chi connectivity index (χ1n) is 15.5. The Morgan fingerprint density at radius 2 is 1.00 bits per heavy atom. The summed E-state index contributed by atoms with van der Waals surface area (Å²) >= 11 is 2.41. The molecule has 0 bridgehead atoms. The fourth-order valence-corrected chi connectivity index (χ4v) is 7.92. The Morgan fingerprint density at radius 3 is 1.46 bits per heavy atom. The van der Waals surface area contributed by atoms with Crippen LogP contribution in [0.4, 0.5) is 27.8 Å². The van der Waals surface area contributed by atoms with Crippen LogP contribution in [0.1, 0.15) is 27.1 Å². The monoisotopic (exact) mass is 709 g/mol. The topological polar surface area (TPSA) is 156 Å². The molecule has 4 aromatic carbocycles. The van der Waals surface area contributed by atoms with Gasteiger partial charge in [-0.15, -0.1) is 15.9 Å². The van der Waals surface area contributed by atoms with Gasteiger partial charge < -0.3 is 10.0 Å². The van der Waals surface area contributed by atoms with E-state index >= 15 is 0 Å². The van der Waals surface area contributed by atoms with Crippen LogP contribution in [0.2, 0.25) is 0 Å². The molecule has 0 saturated carbocycles. The van der Waals surface area contributed by atoms with E-state index in [-0.39, 0.29) is 11.1 Å². The number of thioether (sulfide) groups is 1. The van der Waals surface area contributed by atoms with Gasteiger partial charge in [0.05, 0.1) is 57.7 Å². The average molecular weight is 710 g/mol. The fourth-order valence-electron chi connectivity index (χ4n) is 5.74. The molecule has 1 N–H and O–H groups in total. The Hall–Kier alpha value is -7.28. The second-order valence-electron chi connectivity index (χ2n) is 11.3. The summed E-state index contributed by atoms with van der Waals surface area (Å²) in [6.45, 7) is 0. The summed E-state index contributed by atoms with van der Waals surface area (Å²) in [6.07, 6.45) is 3.46. The molecule has 2 aliphatic rings. The Labute approximate surface area is 306 Å². The molecular formula is C41H21N6O3S2+. The number of hydrogen-bond acceptors (Lipinski definition) is 10. The fraction of sp³-hybridized carbons (Fsp3) is 0. The minimum absolute atomic E-state index is 0.0955. The number of nitrogens with zero attached hydrogens (tertiary/aromatic N) is 6. The van der Waals surface area contributed by atoms with E-state index < -0.39 is 17.3 Å². The number of benzene rings is 4. The molecule has 1 aliphatic carbocycles. The number of nitriles is 4. The number of Topliss-reactive ketones (excluding diaryl/α,β-unsaturated/α-hetero) is 2. The molecular weight excluding hydrogens is 689 g/mol. The molecule has 0 unspecified atom stereocenters. The van der Waals surface area contributed by atoms with Gasteiger partial charge in [0.15, 0.2) is 0 Å². The molecule has 0 radical (unpaired) electrons. The lowest BCUT2D eigenvalue weighted by molar-refractivity contribution is -0.130. The number of ketones is 2. The van der Waals surface area contributed by atoms with Crippen molar-refractivity contribution in [3.8, 4) is 24.3 Å². The normalized spacial score (nSPS) is 14.9. The number of rotatable bonds is 6. The van der Waals surface area contributed by atoms with Crippen molar-refractivity contribution in [3.05, 3.63) is 165 Å². The van der Waals surface area contributed by atoms with Gasteiger partial charge in [0, 0.05) is 51.5 Å². The first-order valence-corrected chi connectivity index (χ1v) is 17.2. The molecule has 0 spiro atoms. The lowest BCUT2D eigenvalue weighted by Gasteiger charge is -2.23. The summed E-state index contributed by atoms with van der Waals surface area (Å²) in [4.78, 5) is 29.8. The van der Waals surface area contributed by atoms with Crippen molar-refractivity contribution in [1.82, 2.24) is 4.58 Å². The van der Waals surface area contributed by atoms with E-state index in [0.717, 1.165) is 22.7 Å². The van der Waals surface area contributed by atoms with E-state index in [9.17, 15) is 35.7 Å². The number of allylic oxidation sites excluding steroid dienone is 3. The highest BCUT2D eigenvalue weighted by molar-refractivity contribution is 8.18. The van der Waals surface area contributed by atoms with Gasteiger partial charge in [-0.1, -0.05) is 0 Å². The van der Waals surface area contributed by atoms with Crippen LogP contribution >= 0.6 is 23.1 Å². The molecule has 0 saturated heterocycles. The zero-order chi connectivity index (χ0) is 36.4. The van der Waals surface area contributed by atoms with Crippen molar-refractivity contribution in [3.63, 3.8) is 0 Å². The van der Waals surface area contributed by atoms with Crippen molar-refractivity contribution in [2.75, 3.05) is 4.90 Å². The second-order valence-corrected chi connectivity index (χ2v) is 13.5. The van der Waals surface area contributed by atoms with E-state index in [0.29, 0.717) is 42.1 Å². The van der Waals surface area contributed by atoms with Crippen LogP contribution in [0.25, 0.3) is 5.57 Å². The van der Waals surface area contributed by atoms with E-state index in [4.69, 9.17) is 0 Å². The van der Waals surface area contributed by atoms with Gasteiger partial charge in [-0.3, -0.25) is 9.59 Å². The molecule has 1 aromatic heterocycles. The Kier molecular flexibility index (Phi) is 8.89. The van der Waals surface area contributed by atoms with Crippen LogP contribution in [0.15, 0.2) is 138 Å². The molecule has 0 amide bonds. The molecule has 9 nitrogen and oxygen atoms in total. The highest BCUT2D eigenvalue weighted by Gasteiger charge is 2.41. The van der Waals surface area contributed by atoms with Crippen LogP contribution in [0.5, 0.6) is 0 Å². The first-order chi connectivity index (χ1) is 25.3. The summed E-state index contributed by atoms with van der Waals surface area (Å²) in [5.41, 5.74) is 4.62. The zero-order valence-electron chi connectivity index (χ0n) is 26.8. The van der Waals surface area contributed by atoms with Gasteiger partial charge in [0.1, 0.15) is 10.8 Å². The van der Waals surface area contributed by atoms with Crippen molar-refractivity contribution in [2.24, 2.45) is 0 Å². The number of anilines is 3. The van der Waals surface area contributed by atoms with Crippen molar-refractivity contribution in [1.29, 1.82) is 21.0 Å². The minimum atomic E-state index is -0.824. The first kappa shape index (κ1) is 33.2. The summed E-state index contributed by atoms with van der Waals surface area (Å²) in [6, 6.07) is 39.7. The predicted octanol–water partition coefficient (Wildman–Crippen LogP) is 8.62. The maximum atomic E-state index is 13.5. The highest BCUT2D eigenvalue weighted by Crippen LogP contribution is 2.45. The van der Waals surface area contributed by atoms with Crippen LogP contribution in [-0.4, -0.2) is 21.7 Å². The van der Waals surface area contributed by atoms with Gasteiger partial charge in [0.2, 0.25) is 22.9 Å². The number of hydrogen-bond donors (Lipinski definition) is 1. The van der Waals surface area contributed by atoms with Crippen LogP contribution in [0.3, 0.4) is 0 Å². The largest absolute Gasteiger partial charge is 0.506 e. The maximum Gasteiger partial charge on any atom is 0.251 e. The third-order valence-electron chi connectivity index (χ3n) is 8.27. The van der Waals surface area contributed by atoms with Crippen LogP contribution < -0.4 is 9.48 Å².